The van der Waals surface area contributed by atoms with Gasteiger partial charge in [0, 0.05) is 5.02 Å². The third-order valence-electron chi connectivity index (χ3n) is 2.93. The summed E-state index contributed by atoms with van der Waals surface area (Å²) in [7, 11) is -10.7. The molecule has 0 aliphatic heterocycles. The number of halogens is 7. The Bertz CT molecular complexity index is 845. The number of rotatable bonds is 7. The van der Waals surface area contributed by atoms with Crippen molar-refractivity contribution in [1.82, 2.24) is 4.72 Å². The van der Waals surface area contributed by atoms with Gasteiger partial charge in [-0.3, -0.25) is 4.18 Å². The van der Waals surface area contributed by atoms with E-state index in [-0.39, 0.29) is 34.6 Å². The molecule has 0 bridgehead atoms. The van der Waals surface area contributed by atoms with E-state index in [9.17, 15) is 47.7 Å². The Morgan fingerprint density at radius 2 is 1.43 bits per heavy atom. The van der Waals surface area contributed by atoms with E-state index >= 15 is 0 Å². The second kappa shape index (κ2) is 9.78. The first-order valence-electron chi connectivity index (χ1n) is 6.45. The molecule has 0 amide bonds. The normalized spacial score (nSPS) is 14.6. The molecular formula is C11H9ClF6NNaO6S2. The largest absolute Gasteiger partial charge is 1.00 e. The van der Waals surface area contributed by atoms with E-state index in [1.54, 1.807) is 0 Å². The molecule has 7 nitrogen and oxygen atoms in total. The maximum absolute atomic E-state index is 12.9. The van der Waals surface area contributed by atoms with Gasteiger partial charge in [0.05, 0.1) is 17.5 Å². The predicted octanol–water partition coefficient (Wildman–Crippen LogP) is -0.791. The Kier molecular flexibility index (Phi) is 9.74. The van der Waals surface area contributed by atoms with Crippen LogP contribution in [0, 0.1) is 5.92 Å². The Morgan fingerprint density at radius 3 is 1.79 bits per heavy atom. The summed E-state index contributed by atoms with van der Waals surface area (Å²) >= 11 is 5.50. The fraction of sp³-hybridized carbons (Fsp3) is 0.455. The van der Waals surface area contributed by atoms with Gasteiger partial charge in [-0.05, 0) is 24.3 Å². The maximum Gasteiger partial charge on any atom is 1.00 e. The predicted molar refractivity (Wildman–Crippen MR) is 76.8 cm³/mol. The van der Waals surface area contributed by atoms with Gasteiger partial charge < -0.3 is 4.55 Å². The topological polar surface area (TPSA) is 113 Å². The summed E-state index contributed by atoms with van der Waals surface area (Å²) in [5.41, 5.74) is 0. The van der Waals surface area contributed by atoms with Crippen LogP contribution < -0.4 is 34.3 Å². The number of alkyl halides is 6. The van der Waals surface area contributed by atoms with Crippen molar-refractivity contribution in [3.8, 4) is 0 Å². The molecule has 0 fully saturated rings. The number of nitrogens with one attached hydrogen (secondary N) is 1. The summed E-state index contributed by atoms with van der Waals surface area (Å²) in [6.45, 7) is -2.04. The van der Waals surface area contributed by atoms with Crippen LogP contribution in [0.1, 0.15) is 0 Å². The summed E-state index contributed by atoms with van der Waals surface area (Å²) in [4.78, 5) is -0.759. The van der Waals surface area contributed by atoms with Gasteiger partial charge in [-0.1, -0.05) is 11.6 Å². The van der Waals surface area contributed by atoms with E-state index in [4.69, 9.17) is 11.6 Å². The van der Waals surface area contributed by atoms with Crippen LogP contribution in [-0.2, 0) is 24.6 Å². The molecule has 156 valence electrons. The number of hydrogen-bond donors (Lipinski definition) is 1. The zero-order valence-corrected chi connectivity index (χ0v) is 18.0. The molecule has 0 saturated carbocycles. The first-order chi connectivity index (χ1) is 11.9. The van der Waals surface area contributed by atoms with Gasteiger partial charge >= 0.3 is 41.9 Å². The molecule has 1 aromatic carbocycles. The monoisotopic (exact) mass is 487 g/mol. The van der Waals surface area contributed by atoms with Gasteiger partial charge in [-0.2, -0.15) is 26.3 Å². The molecule has 0 aliphatic rings. The molecule has 0 saturated heterocycles. The van der Waals surface area contributed by atoms with Gasteiger partial charge in [0.25, 0.3) is 0 Å². The smallest absolute Gasteiger partial charge is 0.726 e. The molecule has 0 unspecified atom stereocenters. The van der Waals surface area contributed by atoms with E-state index in [0.717, 1.165) is 29.0 Å². The van der Waals surface area contributed by atoms with Crippen molar-refractivity contribution in [3.05, 3.63) is 29.3 Å². The first-order valence-corrected chi connectivity index (χ1v) is 9.64. The molecule has 1 atom stereocenters. The zero-order chi connectivity index (χ0) is 21.3. The molecule has 28 heavy (non-hydrogen) atoms. The summed E-state index contributed by atoms with van der Waals surface area (Å²) in [5.74, 6) is -4.35. The van der Waals surface area contributed by atoms with Crippen molar-refractivity contribution in [1.29, 1.82) is 0 Å². The van der Waals surface area contributed by atoms with Gasteiger partial charge in [-0.15, -0.1) is 0 Å². The third-order valence-corrected chi connectivity index (χ3v) is 5.11. The van der Waals surface area contributed by atoms with Crippen LogP contribution in [0.4, 0.5) is 26.3 Å². The van der Waals surface area contributed by atoms with Crippen molar-refractivity contribution >= 4 is 32.0 Å². The minimum absolute atomic E-state index is 0. The summed E-state index contributed by atoms with van der Waals surface area (Å²) < 4.78 is 137. The number of sulfonamides is 1. The van der Waals surface area contributed by atoms with Gasteiger partial charge in [-0.25, -0.2) is 21.6 Å². The van der Waals surface area contributed by atoms with Gasteiger partial charge in [0.15, 0.2) is 5.92 Å². The van der Waals surface area contributed by atoms with Crippen LogP contribution in [0.2, 0.25) is 5.02 Å². The molecule has 0 aliphatic carbocycles. The standard InChI is InChI=1S/C11H10ClF6NO6S2.Na/c12-6-1-3-7(4-2-6)26(20,21)19-8(5-25-27(22,23)24)9(10(13,14)15)11(16,17)18;/h1-4,8-9,19H,5H2,(H,22,23,24);/q;+1/p-1/t8-;/m0./s1. The van der Waals surface area contributed by atoms with Crippen LogP contribution in [0.5, 0.6) is 0 Å². The quantitative estimate of drug-likeness (QED) is 0.233. The average Bonchev–Trinajstić information content (AvgIpc) is 2.41. The van der Waals surface area contributed by atoms with Crippen molar-refractivity contribution in [2.75, 3.05) is 6.61 Å². The first kappa shape index (κ1) is 27.9. The van der Waals surface area contributed by atoms with Crippen molar-refractivity contribution in [2.24, 2.45) is 5.92 Å². The summed E-state index contributed by atoms with van der Waals surface area (Å²) in [6.07, 6.45) is -12.1. The van der Waals surface area contributed by atoms with Crippen LogP contribution in [0.25, 0.3) is 0 Å². The second-order valence-electron chi connectivity index (χ2n) is 4.94. The van der Waals surface area contributed by atoms with Crippen molar-refractivity contribution < 1.29 is 81.5 Å². The van der Waals surface area contributed by atoms with Crippen molar-refractivity contribution in [3.63, 3.8) is 0 Å². The van der Waals surface area contributed by atoms with Crippen molar-refractivity contribution in [2.45, 2.75) is 23.3 Å². The Labute approximate surface area is 182 Å². The molecule has 0 aromatic heterocycles. The van der Waals surface area contributed by atoms with Gasteiger partial charge in [0.2, 0.25) is 20.4 Å². The average molecular weight is 488 g/mol. The fourth-order valence-corrected chi connectivity index (χ4v) is 3.55. The third kappa shape index (κ3) is 8.71. The number of hydrogen-bond acceptors (Lipinski definition) is 6. The van der Waals surface area contributed by atoms with E-state index in [0.29, 0.717) is 0 Å². The van der Waals surface area contributed by atoms with Crippen LogP contribution in [-0.4, -0.2) is 46.4 Å². The molecule has 17 heteroatoms. The molecule has 0 radical (unpaired) electrons. The van der Waals surface area contributed by atoms with E-state index < -0.39 is 56.2 Å². The van der Waals surface area contributed by atoms with E-state index in [2.05, 4.69) is 4.18 Å². The second-order valence-corrected chi connectivity index (χ2v) is 8.14. The zero-order valence-electron chi connectivity index (χ0n) is 13.6. The van der Waals surface area contributed by atoms with Gasteiger partial charge in [0.1, 0.15) is 0 Å². The van der Waals surface area contributed by atoms with Crippen LogP contribution >= 0.6 is 11.6 Å². The fourth-order valence-electron chi connectivity index (χ4n) is 1.88. The molecule has 1 N–H and O–H groups in total. The summed E-state index contributed by atoms with van der Waals surface area (Å²) in [6, 6.07) is 0.352. The van der Waals surface area contributed by atoms with Crippen LogP contribution in [0.3, 0.4) is 0 Å². The molecule has 1 rings (SSSR count). The molecule has 0 spiro atoms. The minimum atomic E-state index is -6.04. The Hall–Kier alpha value is -0.130. The molecule has 0 heterocycles. The van der Waals surface area contributed by atoms with E-state index in [1.165, 1.54) is 0 Å². The molecular weight excluding hydrogens is 479 g/mol. The van der Waals surface area contributed by atoms with Crippen LogP contribution in [0.15, 0.2) is 29.2 Å². The molecule has 1 aromatic rings. The minimum Gasteiger partial charge on any atom is -0.726 e. The number of benzene rings is 1. The Balaban J connectivity index is 0.00000729. The maximum atomic E-state index is 12.9. The Morgan fingerprint density at radius 1 is 1.00 bits per heavy atom. The van der Waals surface area contributed by atoms with E-state index in [1.807, 2.05) is 0 Å². The summed E-state index contributed by atoms with van der Waals surface area (Å²) in [5, 5.41) is 0.0229. The SMILES string of the molecule is O=S(=O)([O-])OC[C@H](NS(=O)(=O)c1ccc(Cl)cc1)C(C(F)(F)F)C(F)(F)F.[Na+].